The highest BCUT2D eigenvalue weighted by Crippen LogP contribution is 2.65. The summed E-state index contributed by atoms with van der Waals surface area (Å²) >= 11 is 0. The molecule has 1 nitrogen and oxygen atoms in total. The molecule has 0 radical (unpaired) electrons. The molecule has 0 fully saturated rings. The third-order valence-electron chi connectivity index (χ3n) is 12.9. The van der Waals surface area contributed by atoms with Gasteiger partial charge in [-0.05, 0) is 161 Å². The Morgan fingerprint density at radius 3 is 1.96 bits per heavy atom. The number of rotatable bonds is 9. The molecule has 1 heteroatoms. The van der Waals surface area contributed by atoms with E-state index in [1.165, 1.54) is 139 Å². The largest absolute Gasteiger partial charge is 0.309 e. The van der Waals surface area contributed by atoms with Crippen LogP contribution in [0.5, 0.6) is 0 Å². The van der Waals surface area contributed by atoms with Crippen molar-refractivity contribution in [3.8, 4) is 22.3 Å². The Kier molecular flexibility index (Phi) is 9.50. The Morgan fingerprint density at radius 2 is 1.29 bits per heavy atom. The molecular weight excluding hydrogens is 675 g/mol. The van der Waals surface area contributed by atoms with Gasteiger partial charge in [0.25, 0.3) is 0 Å². The predicted molar refractivity (Wildman–Crippen MR) is 240 cm³/mol. The maximum Gasteiger partial charge on any atom is 0.0723 e. The van der Waals surface area contributed by atoms with Gasteiger partial charge in [-0.3, -0.25) is 0 Å². The molecule has 0 heterocycles. The SMILES string of the molecule is C=C/C=C1\C(=C/C)C2(c3cc(N(c4cc(CCCCC)ccc4C)c4cc5c(cc4C)CCCC5)c(-c4ccccc4)cc31)c1ccccc1-c1ccccc12. The number of aryl methyl sites for hydroxylation is 5. The van der Waals surface area contributed by atoms with E-state index in [1.807, 2.05) is 6.08 Å². The van der Waals surface area contributed by atoms with E-state index in [0.717, 1.165) is 12.8 Å². The Morgan fingerprint density at radius 1 is 0.625 bits per heavy atom. The molecular formula is C55H53N. The van der Waals surface area contributed by atoms with Crippen LogP contribution in [0.25, 0.3) is 27.8 Å². The van der Waals surface area contributed by atoms with Crippen LogP contribution in [0.4, 0.5) is 17.1 Å². The van der Waals surface area contributed by atoms with Crippen LogP contribution < -0.4 is 4.90 Å². The Labute approximate surface area is 334 Å². The van der Waals surface area contributed by atoms with E-state index in [2.05, 4.69) is 173 Å². The molecule has 0 atom stereocenters. The van der Waals surface area contributed by atoms with Gasteiger partial charge in [0, 0.05) is 16.9 Å². The lowest BCUT2D eigenvalue weighted by atomic mass is 9.70. The van der Waals surface area contributed by atoms with E-state index in [4.69, 9.17) is 0 Å². The highest BCUT2D eigenvalue weighted by molar-refractivity contribution is 6.03. The van der Waals surface area contributed by atoms with Crippen LogP contribution in [0.1, 0.15) is 96.0 Å². The molecule has 56 heavy (non-hydrogen) atoms. The average Bonchev–Trinajstić information content (AvgIpc) is 3.68. The zero-order chi connectivity index (χ0) is 38.4. The van der Waals surface area contributed by atoms with Crippen molar-refractivity contribution in [2.45, 2.75) is 84.5 Å². The van der Waals surface area contributed by atoms with Crippen LogP contribution in [-0.2, 0) is 24.7 Å². The monoisotopic (exact) mass is 727 g/mol. The van der Waals surface area contributed by atoms with Gasteiger partial charge in [0.05, 0.1) is 11.1 Å². The van der Waals surface area contributed by atoms with Crippen LogP contribution in [-0.4, -0.2) is 0 Å². The van der Waals surface area contributed by atoms with Crippen LogP contribution in [0, 0.1) is 13.8 Å². The second-order valence-electron chi connectivity index (χ2n) is 16.2. The summed E-state index contributed by atoms with van der Waals surface area (Å²) in [6.45, 7) is 13.4. The number of fused-ring (bicyclic) bond motifs is 8. The molecule has 0 amide bonds. The maximum absolute atomic E-state index is 4.25. The molecule has 278 valence electrons. The third-order valence-corrected chi connectivity index (χ3v) is 12.9. The number of hydrogen-bond donors (Lipinski definition) is 0. The minimum atomic E-state index is -0.469. The van der Waals surface area contributed by atoms with Gasteiger partial charge in [-0.25, -0.2) is 0 Å². The van der Waals surface area contributed by atoms with Gasteiger partial charge in [0.1, 0.15) is 0 Å². The summed E-state index contributed by atoms with van der Waals surface area (Å²) in [7, 11) is 0. The molecule has 3 aliphatic rings. The van der Waals surface area contributed by atoms with E-state index in [0.29, 0.717) is 0 Å². The number of anilines is 3. The van der Waals surface area contributed by atoms with E-state index in [-0.39, 0.29) is 0 Å². The molecule has 0 N–H and O–H groups in total. The van der Waals surface area contributed by atoms with Gasteiger partial charge in [-0.2, -0.15) is 0 Å². The minimum Gasteiger partial charge on any atom is -0.309 e. The predicted octanol–water partition coefficient (Wildman–Crippen LogP) is 14.9. The smallest absolute Gasteiger partial charge is 0.0723 e. The normalized spacial score (nSPS) is 16.1. The topological polar surface area (TPSA) is 3.24 Å². The van der Waals surface area contributed by atoms with Crippen molar-refractivity contribution in [3.05, 3.63) is 202 Å². The average molecular weight is 728 g/mol. The van der Waals surface area contributed by atoms with E-state index in [1.54, 1.807) is 0 Å². The van der Waals surface area contributed by atoms with Crippen LogP contribution in [0.15, 0.2) is 152 Å². The molecule has 1 spiro atoms. The fourth-order valence-electron chi connectivity index (χ4n) is 10.3. The van der Waals surface area contributed by atoms with Gasteiger partial charge in [0.2, 0.25) is 0 Å². The van der Waals surface area contributed by atoms with Crippen molar-refractivity contribution in [1.29, 1.82) is 0 Å². The standard InChI is InChI=1S/C55H53N/c1-6-9-11-21-39-31-30-37(4)52(33-39)56(53-34-42-25-15-14-24-41(42)32-38(53)5)54-36-51-47(35-46(54)40-22-12-10-13-23-40)43(20-7-2)48(8-3)55(51)49-28-18-16-26-44(49)45-27-17-19-29-50(45)55/h7-8,10,12-13,16-20,22-23,26-36H,2,6,9,11,14-15,21,24-25H2,1,3-5H3/b43-20-,48-8+. The fourth-order valence-corrected chi connectivity index (χ4v) is 10.3. The molecule has 3 aliphatic carbocycles. The van der Waals surface area contributed by atoms with E-state index < -0.39 is 5.41 Å². The lowest BCUT2D eigenvalue weighted by molar-refractivity contribution is 0.685. The van der Waals surface area contributed by atoms with Gasteiger partial charge in [-0.1, -0.05) is 142 Å². The molecule has 6 aromatic rings. The summed E-state index contributed by atoms with van der Waals surface area (Å²) in [6, 6.07) is 46.7. The van der Waals surface area contributed by atoms with Gasteiger partial charge >= 0.3 is 0 Å². The van der Waals surface area contributed by atoms with Crippen LogP contribution in [0.3, 0.4) is 0 Å². The van der Waals surface area contributed by atoms with Crippen molar-refractivity contribution in [1.82, 2.24) is 0 Å². The van der Waals surface area contributed by atoms with Crippen LogP contribution in [0.2, 0.25) is 0 Å². The van der Waals surface area contributed by atoms with Gasteiger partial charge in [0.15, 0.2) is 0 Å². The first kappa shape index (κ1) is 36.0. The second-order valence-corrected chi connectivity index (χ2v) is 16.2. The maximum atomic E-state index is 4.25. The summed E-state index contributed by atoms with van der Waals surface area (Å²) < 4.78 is 0. The molecule has 9 rings (SSSR count). The Bertz CT molecular complexity index is 2500. The summed E-state index contributed by atoms with van der Waals surface area (Å²) in [5.74, 6) is 0. The number of unbranched alkanes of at least 4 members (excludes halogenated alkanes) is 2. The second kappa shape index (κ2) is 14.8. The number of nitrogens with zero attached hydrogens (tertiary/aromatic N) is 1. The number of hydrogen-bond acceptors (Lipinski definition) is 1. The van der Waals surface area contributed by atoms with Crippen molar-refractivity contribution in [3.63, 3.8) is 0 Å². The Balaban J connectivity index is 1.41. The quantitative estimate of drug-likeness (QED) is 0.134. The molecule has 0 bridgehead atoms. The van der Waals surface area contributed by atoms with Crippen molar-refractivity contribution >= 4 is 22.6 Å². The zero-order valence-electron chi connectivity index (χ0n) is 33.6. The molecule has 6 aromatic carbocycles. The summed E-state index contributed by atoms with van der Waals surface area (Å²) in [5, 5.41) is 0. The number of benzene rings is 6. The Hall–Kier alpha value is -5.66. The third kappa shape index (κ3) is 5.66. The first-order valence-corrected chi connectivity index (χ1v) is 20.9. The summed E-state index contributed by atoms with van der Waals surface area (Å²) in [4.78, 5) is 2.65. The number of allylic oxidation sites excluding steroid dienone is 5. The van der Waals surface area contributed by atoms with Crippen molar-refractivity contribution in [2.75, 3.05) is 4.90 Å². The lowest BCUT2D eigenvalue weighted by Crippen LogP contribution is -2.26. The molecule has 0 saturated heterocycles. The molecule has 0 saturated carbocycles. The first-order valence-electron chi connectivity index (χ1n) is 20.9. The van der Waals surface area contributed by atoms with Gasteiger partial charge in [-0.15, -0.1) is 0 Å². The highest BCUT2D eigenvalue weighted by atomic mass is 15.1. The molecule has 0 aliphatic heterocycles. The fraction of sp³-hybridized carbons (Fsp3) is 0.236. The highest BCUT2D eigenvalue weighted by Gasteiger charge is 2.53. The van der Waals surface area contributed by atoms with Gasteiger partial charge < -0.3 is 4.90 Å². The van der Waals surface area contributed by atoms with E-state index in [9.17, 15) is 0 Å². The van der Waals surface area contributed by atoms with Crippen LogP contribution >= 0.6 is 0 Å². The molecule has 0 unspecified atom stereocenters. The first-order chi connectivity index (χ1) is 27.5. The molecule has 0 aromatic heterocycles. The van der Waals surface area contributed by atoms with E-state index >= 15 is 0 Å². The summed E-state index contributed by atoms with van der Waals surface area (Å²) in [6.07, 6.45) is 16.2. The van der Waals surface area contributed by atoms with Crippen molar-refractivity contribution < 1.29 is 0 Å². The minimum absolute atomic E-state index is 0.469. The lowest BCUT2D eigenvalue weighted by Gasteiger charge is -2.35. The van der Waals surface area contributed by atoms with Crippen molar-refractivity contribution in [2.24, 2.45) is 0 Å². The summed E-state index contributed by atoms with van der Waals surface area (Å²) in [5.41, 5.74) is 23.3. The zero-order valence-corrected chi connectivity index (χ0v) is 33.6.